The number of nitrogens with zero attached hydrogens (tertiary/aromatic N) is 4. The predicted octanol–water partition coefficient (Wildman–Crippen LogP) is 5.59. The first-order valence-corrected chi connectivity index (χ1v) is 14.3. The number of aryl methyl sites for hydroxylation is 2. The van der Waals surface area contributed by atoms with Crippen molar-refractivity contribution in [2.75, 3.05) is 16.9 Å². The number of halogens is 2. The largest absolute Gasteiger partial charge is 0.352 e. The normalized spacial score (nSPS) is 16.1. The lowest BCUT2D eigenvalue weighted by Crippen LogP contribution is -2.05. The minimum absolute atomic E-state index is 0.152. The Labute approximate surface area is 212 Å². The fourth-order valence-electron chi connectivity index (χ4n) is 4.82. The molecule has 4 aromatic rings. The topological polar surface area (TPSA) is 118 Å². The number of fused-ring (bicyclic) bond motifs is 2. The fourth-order valence-corrected chi connectivity index (χ4v) is 5.69. The van der Waals surface area contributed by atoms with E-state index in [4.69, 9.17) is 0 Å². The van der Waals surface area contributed by atoms with Crippen LogP contribution in [0.1, 0.15) is 61.5 Å². The molecule has 0 atom stereocenters. The number of pyridine rings is 1. The van der Waals surface area contributed by atoms with E-state index in [1.165, 1.54) is 6.42 Å². The Kier molecular flexibility index (Phi) is 5.85. The highest BCUT2D eigenvalue weighted by molar-refractivity contribution is 7.90. The van der Waals surface area contributed by atoms with Crippen LogP contribution in [0.25, 0.3) is 11.2 Å². The van der Waals surface area contributed by atoms with Crippen molar-refractivity contribution < 1.29 is 17.2 Å². The minimum atomic E-state index is -3.56. The van der Waals surface area contributed by atoms with Crippen LogP contribution in [-0.2, 0) is 22.8 Å². The number of rotatable bonds is 7. The maximum absolute atomic E-state index is 13.5. The Morgan fingerprint density at radius 3 is 2.62 bits per heavy atom. The van der Waals surface area contributed by atoms with Gasteiger partial charge in [0, 0.05) is 30.6 Å². The molecular formula is C25H27F2N7O2S. The minimum Gasteiger partial charge on any atom is -0.352 e. The van der Waals surface area contributed by atoms with Crippen LogP contribution in [0.4, 0.5) is 31.8 Å². The van der Waals surface area contributed by atoms with E-state index in [1.807, 2.05) is 16.8 Å². The summed E-state index contributed by atoms with van der Waals surface area (Å²) in [7, 11) is -3.56. The number of aromatic nitrogens is 5. The van der Waals surface area contributed by atoms with E-state index >= 15 is 0 Å². The molecule has 1 aliphatic heterocycles. The Balaban J connectivity index is 1.40. The molecule has 1 saturated carbocycles. The zero-order chi connectivity index (χ0) is 25.7. The number of nitrogens with one attached hydrogen (secondary N) is 3. The molecule has 4 heterocycles. The number of sulfone groups is 1. The lowest BCUT2D eigenvalue weighted by molar-refractivity contribution is 0.142. The van der Waals surface area contributed by atoms with Gasteiger partial charge in [0.2, 0.25) is 0 Å². The van der Waals surface area contributed by atoms with Gasteiger partial charge in [0.05, 0.1) is 16.3 Å². The molecule has 2 aliphatic rings. The SMILES string of the molecule is CS(=O)(=O)c1cc(C2CC2)ccc1Nc1cc(Nc2cc3n(n2)CCCCC3)nc2[nH]c(C(F)F)nc12. The molecule has 9 nitrogen and oxygen atoms in total. The first-order valence-electron chi connectivity index (χ1n) is 12.4. The summed E-state index contributed by atoms with van der Waals surface area (Å²) in [5.74, 6) is 0.837. The van der Waals surface area contributed by atoms with Crippen LogP contribution in [0.15, 0.2) is 35.2 Å². The second-order valence-corrected chi connectivity index (χ2v) is 11.8. The Hall–Kier alpha value is -3.54. The van der Waals surface area contributed by atoms with Gasteiger partial charge in [0.15, 0.2) is 27.1 Å². The van der Waals surface area contributed by atoms with Crippen LogP contribution >= 0.6 is 0 Å². The van der Waals surface area contributed by atoms with Gasteiger partial charge in [-0.05, 0) is 55.7 Å². The molecule has 0 spiro atoms. The number of hydrogen-bond donors (Lipinski definition) is 3. The molecule has 37 heavy (non-hydrogen) atoms. The molecule has 12 heteroatoms. The highest BCUT2D eigenvalue weighted by atomic mass is 32.2. The van der Waals surface area contributed by atoms with E-state index in [0.717, 1.165) is 56.2 Å². The van der Waals surface area contributed by atoms with E-state index in [1.54, 1.807) is 18.2 Å². The van der Waals surface area contributed by atoms with Crippen LogP contribution in [0.3, 0.4) is 0 Å². The lowest BCUT2D eigenvalue weighted by atomic mass is 10.1. The van der Waals surface area contributed by atoms with Gasteiger partial charge < -0.3 is 15.6 Å². The van der Waals surface area contributed by atoms with Crippen LogP contribution < -0.4 is 10.6 Å². The summed E-state index contributed by atoms with van der Waals surface area (Å²) in [5.41, 5.74) is 3.15. The van der Waals surface area contributed by atoms with Crippen LogP contribution in [-0.4, -0.2) is 39.4 Å². The van der Waals surface area contributed by atoms with E-state index in [-0.39, 0.29) is 16.1 Å². The molecule has 6 rings (SSSR count). The van der Waals surface area contributed by atoms with Gasteiger partial charge in [-0.3, -0.25) is 4.68 Å². The summed E-state index contributed by atoms with van der Waals surface area (Å²) in [5, 5.41) is 10.9. The Bertz CT molecular complexity index is 1570. The van der Waals surface area contributed by atoms with Crippen LogP contribution in [0, 0.1) is 0 Å². The van der Waals surface area contributed by atoms with E-state index in [9.17, 15) is 17.2 Å². The Morgan fingerprint density at radius 1 is 1.03 bits per heavy atom. The molecule has 0 unspecified atom stereocenters. The standard InChI is InChI=1S/C25H27F2N7O2S/c1-37(35,36)19-11-15(14-6-7-14)8-9-17(19)28-18-13-20(30-24-22(18)31-25(32-24)23(26)27)29-21-12-16-5-3-2-4-10-34(16)33-21/h8-9,11-14,23H,2-7,10H2,1H3,(H3,28,29,30,31,32,33). The van der Waals surface area contributed by atoms with Gasteiger partial charge in [0.25, 0.3) is 6.43 Å². The van der Waals surface area contributed by atoms with Crippen LogP contribution in [0.2, 0.25) is 0 Å². The molecule has 1 aromatic carbocycles. The maximum Gasteiger partial charge on any atom is 0.295 e. The predicted molar refractivity (Wildman–Crippen MR) is 137 cm³/mol. The van der Waals surface area contributed by atoms with Gasteiger partial charge in [-0.15, -0.1) is 0 Å². The highest BCUT2D eigenvalue weighted by Gasteiger charge is 2.26. The third-order valence-electron chi connectivity index (χ3n) is 6.82. The third kappa shape index (κ3) is 4.89. The van der Waals surface area contributed by atoms with Gasteiger partial charge in [-0.1, -0.05) is 12.5 Å². The van der Waals surface area contributed by atoms with Crippen LogP contribution in [0.5, 0.6) is 0 Å². The van der Waals surface area contributed by atoms with Gasteiger partial charge in [0.1, 0.15) is 11.3 Å². The number of benzene rings is 1. The lowest BCUT2D eigenvalue weighted by Gasteiger charge is -2.14. The molecule has 3 aromatic heterocycles. The number of imidazole rings is 1. The second-order valence-electron chi connectivity index (χ2n) is 9.78. The number of aromatic amines is 1. The average molecular weight is 528 g/mol. The van der Waals surface area contributed by atoms with Crippen molar-refractivity contribution >= 4 is 44.0 Å². The Morgan fingerprint density at radius 2 is 1.86 bits per heavy atom. The monoisotopic (exact) mass is 527 g/mol. The first kappa shape index (κ1) is 23.8. The van der Waals surface area contributed by atoms with Crippen molar-refractivity contribution in [2.24, 2.45) is 0 Å². The van der Waals surface area contributed by atoms with E-state index < -0.39 is 22.1 Å². The summed E-state index contributed by atoms with van der Waals surface area (Å²) in [6.07, 6.45) is 4.71. The average Bonchev–Trinajstić information content (AvgIpc) is 3.54. The van der Waals surface area contributed by atoms with Crippen molar-refractivity contribution in [1.82, 2.24) is 24.7 Å². The zero-order valence-electron chi connectivity index (χ0n) is 20.3. The second kappa shape index (κ2) is 9.09. The summed E-state index contributed by atoms with van der Waals surface area (Å²) < 4.78 is 54.2. The van der Waals surface area contributed by atoms with E-state index in [0.29, 0.717) is 28.9 Å². The molecule has 0 saturated heterocycles. The number of anilines is 4. The highest BCUT2D eigenvalue weighted by Crippen LogP contribution is 2.42. The number of hydrogen-bond acceptors (Lipinski definition) is 7. The molecule has 1 aliphatic carbocycles. The molecule has 0 radical (unpaired) electrons. The maximum atomic E-state index is 13.5. The number of alkyl halides is 2. The molecular weight excluding hydrogens is 500 g/mol. The quantitative estimate of drug-likeness (QED) is 0.287. The molecule has 0 amide bonds. The van der Waals surface area contributed by atoms with Gasteiger partial charge in [-0.2, -0.15) is 5.10 Å². The zero-order valence-corrected chi connectivity index (χ0v) is 21.1. The first-order chi connectivity index (χ1) is 17.7. The summed E-state index contributed by atoms with van der Waals surface area (Å²) >= 11 is 0. The van der Waals surface area contributed by atoms with Crippen molar-refractivity contribution in [3.05, 3.63) is 47.4 Å². The number of H-pyrrole nitrogens is 1. The molecule has 194 valence electrons. The van der Waals surface area contributed by atoms with E-state index in [2.05, 4.69) is 30.7 Å². The summed E-state index contributed by atoms with van der Waals surface area (Å²) in [6.45, 7) is 0.847. The summed E-state index contributed by atoms with van der Waals surface area (Å²) in [6, 6.07) is 8.92. The summed E-state index contributed by atoms with van der Waals surface area (Å²) in [4.78, 5) is 11.2. The molecule has 1 fully saturated rings. The fraction of sp³-hybridized carbons (Fsp3) is 0.400. The molecule has 3 N–H and O–H groups in total. The smallest absolute Gasteiger partial charge is 0.295 e. The molecule has 0 bridgehead atoms. The van der Waals surface area contributed by atoms with Crippen molar-refractivity contribution in [3.63, 3.8) is 0 Å². The van der Waals surface area contributed by atoms with Crippen molar-refractivity contribution in [2.45, 2.75) is 62.3 Å². The van der Waals surface area contributed by atoms with Crippen molar-refractivity contribution in [3.8, 4) is 0 Å². The third-order valence-corrected chi connectivity index (χ3v) is 7.96. The van der Waals surface area contributed by atoms with Gasteiger partial charge in [-0.25, -0.2) is 27.2 Å². The van der Waals surface area contributed by atoms with Gasteiger partial charge >= 0.3 is 0 Å². The van der Waals surface area contributed by atoms with Crippen molar-refractivity contribution in [1.29, 1.82) is 0 Å².